The lowest BCUT2D eigenvalue weighted by atomic mass is 9.97. The quantitative estimate of drug-likeness (QED) is 0.613. The maximum atomic E-state index is 12.8. The predicted octanol–water partition coefficient (Wildman–Crippen LogP) is 0.660. The summed E-state index contributed by atoms with van der Waals surface area (Å²) >= 11 is 0. The number of carbonyl (C=O) groups excluding carboxylic acids is 2. The van der Waals surface area contributed by atoms with E-state index in [-0.39, 0.29) is 35.3 Å². The van der Waals surface area contributed by atoms with E-state index < -0.39 is 15.9 Å². The van der Waals surface area contributed by atoms with Crippen LogP contribution in [0.25, 0.3) is 0 Å². The number of hydrogen-bond acceptors (Lipinski definition) is 8. The standard InChI is InChI=1S/C19H28N4O5S/c1-3-23(16-7-12-29(26,27)13-16)17(24)14(2)28-18(25)15-5-10-22(11-6-15)19-20-8-4-9-21-19/h4,8-9,14-16H,3,5-7,10-13H2,1-2H3. The van der Waals surface area contributed by atoms with Gasteiger partial charge in [-0.3, -0.25) is 9.59 Å². The highest BCUT2D eigenvalue weighted by Crippen LogP contribution is 2.23. The lowest BCUT2D eigenvalue weighted by molar-refractivity contribution is -0.163. The maximum Gasteiger partial charge on any atom is 0.309 e. The van der Waals surface area contributed by atoms with E-state index >= 15 is 0 Å². The van der Waals surface area contributed by atoms with Crippen LogP contribution in [0.5, 0.6) is 0 Å². The Bertz CT molecular complexity index is 824. The molecule has 10 heteroatoms. The van der Waals surface area contributed by atoms with E-state index in [9.17, 15) is 18.0 Å². The fourth-order valence-electron chi connectivity index (χ4n) is 3.94. The zero-order chi connectivity index (χ0) is 21.0. The first-order chi connectivity index (χ1) is 13.8. The largest absolute Gasteiger partial charge is 0.452 e. The molecule has 2 atom stereocenters. The molecule has 1 amide bonds. The molecule has 0 N–H and O–H groups in total. The second kappa shape index (κ2) is 9.06. The van der Waals surface area contributed by atoms with Crippen molar-refractivity contribution in [1.82, 2.24) is 14.9 Å². The first kappa shape index (κ1) is 21.5. The molecule has 0 aromatic carbocycles. The Morgan fingerprint density at radius 2 is 1.90 bits per heavy atom. The van der Waals surface area contributed by atoms with Crippen LogP contribution in [0.1, 0.15) is 33.1 Å². The van der Waals surface area contributed by atoms with Crippen molar-refractivity contribution < 1.29 is 22.7 Å². The molecule has 3 heterocycles. The Labute approximate surface area is 171 Å². The van der Waals surface area contributed by atoms with E-state index in [1.807, 2.05) is 4.90 Å². The summed E-state index contributed by atoms with van der Waals surface area (Å²) in [6.45, 7) is 5.04. The molecule has 2 aliphatic heterocycles. The van der Waals surface area contributed by atoms with Crippen LogP contribution in [0.3, 0.4) is 0 Å². The topological polar surface area (TPSA) is 110 Å². The summed E-state index contributed by atoms with van der Waals surface area (Å²) in [5.41, 5.74) is 0. The Balaban J connectivity index is 1.51. The Kier molecular flexibility index (Phi) is 6.71. The average molecular weight is 425 g/mol. The third kappa shape index (κ3) is 5.23. The van der Waals surface area contributed by atoms with Crippen LogP contribution in [0.2, 0.25) is 0 Å². The molecule has 0 radical (unpaired) electrons. The predicted molar refractivity (Wildman–Crippen MR) is 107 cm³/mol. The third-order valence-corrected chi connectivity index (χ3v) is 7.33. The third-order valence-electron chi connectivity index (χ3n) is 5.58. The van der Waals surface area contributed by atoms with Crippen LogP contribution in [0.15, 0.2) is 18.5 Å². The molecule has 2 saturated heterocycles. The second-order valence-corrected chi connectivity index (χ2v) is 9.80. The lowest BCUT2D eigenvalue weighted by Gasteiger charge is -2.32. The molecule has 0 bridgehead atoms. The van der Waals surface area contributed by atoms with Crippen LogP contribution in [-0.4, -0.2) is 78.4 Å². The number of piperidine rings is 1. The summed E-state index contributed by atoms with van der Waals surface area (Å²) in [5.74, 6) is -0.264. The summed E-state index contributed by atoms with van der Waals surface area (Å²) < 4.78 is 28.9. The summed E-state index contributed by atoms with van der Waals surface area (Å²) in [7, 11) is -3.09. The Morgan fingerprint density at radius 1 is 1.24 bits per heavy atom. The van der Waals surface area contributed by atoms with E-state index in [4.69, 9.17) is 4.74 Å². The maximum absolute atomic E-state index is 12.8. The number of ether oxygens (including phenoxy) is 1. The molecule has 0 spiro atoms. The molecule has 9 nitrogen and oxygen atoms in total. The highest BCUT2D eigenvalue weighted by molar-refractivity contribution is 7.91. The minimum Gasteiger partial charge on any atom is -0.452 e. The van der Waals surface area contributed by atoms with Crippen LogP contribution in [0.4, 0.5) is 5.95 Å². The summed E-state index contributed by atoms with van der Waals surface area (Å²) in [6.07, 6.45) is 4.09. The zero-order valence-corrected chi connectivity index (χ0v) is 17.7. The van der Waals surface area contributed by atoms with Gasteiger partial charge >= 0.3 is 5.97 Å². The summed E-state index contributed by atoms with van der Waals surface area (Å²) in [6, 6.07) is 1.42. The number of esters is 1. The normalized spacial score (nSPS) is 22.8. The molecule has 1 aromatic heterocycles. The first-order valence-corrected chi connectivity index (χ1v) is 11.9. The van der Waals surface area contributed by atoms with Gasteiger partial charge in [-0.1, -0.05) is 0 Å². The minimum atomic E-state index is -3.09. The first-order valence-electron chi connectivity index (χ1n) is 10.0. The number of rotatable bonds is 6. The molecule has 2 aliphatic rings. The SMILES string of the molecule is CCN(C(=O)C(C)OC(=O)C1CCN(c2ncccn2)CC1)C1CCS(=O)(=O)C1. The van der Waals surface area contributed by atoms with E-state index in [0.29, 0.717) is 44.8 Å². The van der Waals surface area contributed by atoms with Gasteiger partial charge in [-0.25, -0.2) is 18.4 Å². The fraction of sp³-hybridized carbons (Fsp3) is 0.684. The lowest BCUT2D eigenvalue weighted by Crippen LogP contribution is -2.47. The minimum absolute atomic E-state index is 0.0206. The van der Waals surface area contributed by atoms with Gasteiger partial charge in [0, 0.05) is 38.1 Å². The molecule has 3 rings (SSSR count). The van der Waals surface area contributed by atoms with Crippen LogP contribution in [0, 0.1) is 5.92 Å². The highest BCUT2D eigenvalue weighted by atomic mass is 32.2. The summed E-state index contributed by atoms with van der Waals surface area (Å²) in [4.78, 5) is 37.3. The highest BCUT2D eigenvalue weighted by Gasteiger charge is 2.37. The summed E-state index contributed by atoms with van der Waals surface area (Å²) in [5, 5.41) is 0. The molecule has 160 valence electrons. The van der Waals surface area contributed by atoms with Crippen molar-refractivity contribution in [3.05, 3.63) is 18.5 Å². The second-order valence-electron chi connectivity index (χ2n) is 7.57. The Morgan fingerprint density at radius 3 is 2.45 bits per heavy atom. The molecule has 29 heavy (non-hydrogen) atoms. The number of aromatic nitrogens is 2. The number of sulfone groups is 1. The molecule has 2 fully saturated rings. The van der Waals surface area contributed by atoms with Gasteiger partial charge in [0.05, 0.1) is 17.4 Å². The van der Waals surface area contributed by atoms with E-state index in [1.54, 1.807) is 32.3 Å². The number of nitrogens with zero attached hydrogens (tertiary/aromatic N) is 4. The van der Waals surface area contributed by atoms with Crippen LogP contribution in [-0.2, 0) is 24.2 Å². The molecule has 2 unspecified atom stereocenters. The van der Waals surface area contributed by atoms with Crippen molar-refractivity contribution in [1.29, 1.82) is 0 Å². The van der Waals surface area contributed by atoms with Gasteiger partial charge in [0.15, 0.2) is 15.9 Å². The van der Waals surface area contributed by atoms with Crippen LogP contribution < -0.4 is 4.90 Å². The molecular formula is C19H28N4O5S. The van der Waals surface area contributed by atoms with Crippen molar-refractivity contribution in [3.63, 3.8) is 0 Å². The van der Waals surface area contributed by atoms with Gasteiger partial charge in [-0.2, -0.15) is 0 Å². The number of likely N-dealkylation sites (N-methyl/N-ethyl adjacent to an activating group) is 1. The number of carbonyl (C=O) groups is 2. The van der Waals surface area contributed by atoms with E-state index in [2.05, 4.69) is 9.97 Å². The Hall–Kier alpha value is -2.23. The smallest absolute Gasteiger partial charge is 0.309 e. The van der Waals surface area contributed by atoms with Gasteiger partial charge in [-0.15, -0.1) is 0 Å². The van der Waals surface area contributed by atoms with Gasteiger partial charge in [0.1, 0.15) is 0 Å². The molecule has 0 aliphatic carbocycles. The average Bonchev–Trinajstić information content (AvgIpc) is 3.08. The van der Waals surface area contributed by atoms with Gasteiger partial charge < -0.3 is 14.5 Å². The number of amides is 1. The number of hydrogen-bond donors (Lipinski definition) is 0. The molecule has 1 aromatic rings. The monoisotopic (exact) mass is 424 g/mol. The van der Waals surface area contributed by atoms with E-state index in [0.717, 1.165) is 0 Å². The van der Waals surface area contributed by atoms with Crippen LogP contribution >= 0.6 is 0 Å². The molecular weight excluding hydrogens is 396 g/mol. The number of anilines is 1. The van der Waals surface area contributed by atoms with Crippen molar-refractivity contribution >= 4 is 27.7 Å². The van der Waals surface area contributed by atoms with Gasteiger partial charge in [0.25, 0.3) is 5.91 Å². The van der Waals surface area contributed by atoms with Crippen molar-refractivity contribution in [2.24, 2.45) is 5.92 Å². The van der Waals surface area contributed by atoms with Crippen molar-refractivity contribution in [2.45, 2.75) is 45.3 Å². The van der Waals surface area contributed by atoms with Gasteiger partial charge in [0.2, 0.25) is 5.95 Å². The van der Waals surface area contributed by atoms with Crippen molar-refractivity contribution in [2.75, 3.05) is 36.0 Å². The zero-order valence-electron chi connectivity index (χ0n) is 16.9. The van der Waals surface area contributed by atoms with Crippen molar-refractivity contribution in [3.8, 4) is 0 Å². The fourth-order valence-corrected chi connectivity index (χ4v) is 5.67. The van der Waals surface area contributed by atoms with E-state index in [1.165, 1.54) is 4.90 Å². The van der Waals surface area contributed by atoms with Gasteiger partial charge in [-0.05, 0) is 39.2 Å². The molecule has 0 saturated carbocycles.